The van der Waals surface area contributed by atoms with E-state index in [4.69, 9.17) is 4.42 Å². The third-order valence-corrected chi connectivity index (χ3v) is 2.93. The van der Waals surface area contributed by atoms with Crippen LogP contribution in [0, 0.1) is 5.92 Å². The van der Waals surface area contributed by atoms with Gasteiger partial charge in [0.15, 0.2) is 5.76 Å². The number of nitrogens with one attached hydrogen (secondary N) is 1. The minimum absolute atomic E-state index is 0.282. The molecule has 4 nitrogen and oxygen atoms in total. The highest BCUT2D eigenvalue weighted by Crippen LogP contribution is 2.20. The highest BCUT2D eigenvalue weighted by molar-refractivity contribution is 5.93. The summed E-state index contributed by atoms with van der Waals surface area (Å²) in [5.41, 5.74) is 3.63. The summed E-state index contributed by atoms with van der Waals surface area (Å²) in [7, 11) is 0. The van der Waals surface area contributed by atoms with E-state index in [0.717, 1.165) is 18.6 Å². The Hall–Kier alpha value is -1.58. The molecule has 0 spiro atoms. The van der Waals surface area contributed by atoms with Gasteiger partial charge in [0.1, 0.15) is 0 Å². The zero-order valence-corrected chi connectivity index (χ0v) is 9.40. The third-order valence-electron chi connectivity index (χ3n) is 2.93. The molecule has 0 aromatic carbocycles. The van der Waals surface area contributed by atoms with Crippen molar-refractivity contribution in [1.82, 2.24) is 5.43 Å². The molecule has 0 aliphatic heterocycles. The van der Waals surface area contributed by atoms with E-state index in [2.05, 4.69) is 17.5 Å². The van der Waals surface area contributed by atoms with Crippen LogP contribution in [0.25, 0.3) is 0 Å². The van der Waals surface area contributed by atoms with E-state index in [0.29, 0.717) is 11.7 Å². The predicted octanol–water partition coefficient (Wildman–Crippen LogP) is 2.58. The summed E-state index contributed by atoms with van der Waals surface area (Å²) in [5.74, 6) is 0.494. The average molecular weight is 220 g/mol. The first-order valence-corrected chi connectivity index (χ1v) is 5.67. The first-order valence-electron chi connectivity index (χ1n) is 5.67. The molecule has 0 bridgehead atoms. The number of nitrogens with zero attached hydrogens (tertiary/aromatic N) is 1. The van der Waals surface area contributed by atoms with Gasteiger partial charge in [0.2, 0.25) is 0 Å². The van der Waals surface area contributed by atoms with Crippen LogP contribution in [0.15, 0.2) is 27.9 Å². The van der Waals surface area contributed by atoms with Crippen molar-refractivity contribution in [3.63, 3.8) is 0 Å². The maximum atomic E-state index is 11.5. The first kappa shape index (κ1) is 10.9. The summed E-state index contributed by atoms with van der Waals surface area (Å²) >= 11 is 0. The van der Waals surface area contributed by atoms with E-state index in [1.54, 1.807) is 12.1 Å². The van der Waals surface area contributed by atoms with Crippen LogP contribution >= 0.6 is 0 Å². The molecule has 1 atom stereocenters. The van der Waals surface area contributed by atoms with Crippen LogP contribution in [-0.4, -0.2) is 11.6 Å². The molecule has 1 saturated carbocycles. The standard InChI is InChI=1S/C12H16N2O2/c1-9-5-2-3-6-10(9)13-14-12(15)11-7-4-8-16-11/h4,7-9H,2-3,5-6H2,1H3,(H,14,15)/b13-10-. The molecular formula is C12H16N2O2. The lowest BCUT2D eigenvalue weighted by Gasteiger charge is -2.19. The molecule has 1 aromatic rings. The maximum Gasteiger partial charge on any atom is 0.307 e. The van der Waals surface area contributed by atoms with Crippen molar-refractivity contribution in [1.29, 1.82) is 0 Å². The lowest BCUT2D eigenvalue weighted by atomic mass is 9.89. The van der Waals surface area contributed by atoms with E-state index in [9.17, 15) is 4.79 Å². The summed E-state index contributed by atoms with van der Waals surface area (Å²) < 4.78 is 4.98. The maximum absolute atomic E-state index is 11.5. The lowest BCUT2D eigenvalue weighted by molar-refractivity contribution is 0.0927. The number of hydrogen-bond donors (Lipinski definition) is 1. The molecule has 16 heavy (non-hydrogen) atoms. The largest absolute Gasteiger partial charge is 0.459 e. The van der Waals surface area contributed by atoms with Gasteiger partial charge >= 0.3 is 5.91 Å². The van der Waals surface area contributed by atoms with E-state index in [-0.39, 0.29) is 5.91 Å². The highest BCUT2D eigenvalue weighted by atomic mass is 16.3. The topological polar surface area (TPSA) is 54.6 Å². The molecular weight excluding hydrogens is 204 g/mol. The Balaban J connectivity index is 1.95. The summed E-state index contributed by atoms with van der Waals surface area (Å²) in [5, 5.41) is 4.18. The van der Waals surface area contributed by atoms with Crippen molar-refractivity contribution in [2.45, 2.75) is 32.6 Å². The molecule has 1 N–H and O–H groups in total. The monoisotopic (exact) mass is 220 g/mol. The fourth-order valence-corrected chi connectivity index (χ4v) is 1.92. The van der Waals surface area contributed by atoms with Gasteiger partial charge in [-0.1, -0.05) is 13.3 Å². The summed E-state index contributed by atoms with van der Waals surface area (Å²) in [6.45, 7) is 2.15. The molecule has 86 valence electrons. The normalized spacial score (nSPS) is 23.3. The lowest BCUT2D eigenvalue weighted by Crippen LogP contribution is -2.23. The van der Waals surface area contributed by atoms with Gasteiger partial charge in [0.05, 0.1) is 6.26 Å². The zero-order chi connectivity index (χ0) is 11.4. The number of hydrazone groups is 1. The summed E-state index contributed by atoms with van der Waals surface area (Å²) in [6, 6.07) is 3.31. The fourth-order valence-electron chi connectivity index (χ4n) is 1.92. The number of hydrogen-bond acceptors (Lipinski definition) is 3. The number of amides is 1. The first-order chi connectivity index (χ1) is 7.77. The third kappa shape index (κ3) is 2.51. The Labute approximate surface area is 94.7 Å². The molecule has 1 aromatic heterocycles. The zero-order valence-electron chi connectivity index (χ0n) is 9.40. The van der Waals surface area contributed by atoms with Crippen molar-refractivity contribution < 1.29 is 9.21 Å². The van der Waals surface area contributed by atoms with Crippen molar-refractivity contribution in [2.75, 3.05) is 0 Å². The van der Waals surface area contributed by atoms with E-state index < -0.39 is 0 Å². The smallest absolute Gasteiger partial charge is 0.307 e. The minimum Gasteiger partial charge on any atom is -0.459 e. The van der Waals surface area contributed by atoms with Crippen molar-refractivity contribution in [2.24, 2.45) is 11.0 Å². The van der Waals surface area contributed by atoms with Gasteiger partial charge in [0, 0.05) is 5.71 Å². The molecule has 1 heterocycles. The highest BCUT2D eigenvalue weighted by Gasteiger charge is 2.16. The Kier molecular flexibility index (Phi) is 3.39. The molecule has 0 saturated heterocycles. The van der Waals surface area contributed by atoms with Gasteiger partial charge in [-0.25, -0.2) is 5.43 Å². The number of rotatable bonds is 2. The van der Waals surface area contributed by atoms with Crippen LogP contribution < -0.4 is 5.43 Å². The Morgan fingerprint density at radius 3 is 3.12 bits per heavy atom. The van der Waals surface area contributed by atoms with Crippen molar-refractivity contribution >= 4 is 11.6 Å². The average Bonchev–Trinajstić information content (AvgIpc) is 2.81. The number of carbonyl (C=O) groups is 1. The van der Waals surface area contributed by atoms with E-state index >= 15 is 0 Å². The molecule has 1 unspecified atom stereocenters. The Morgan fingerprint density at radius 2 is 2.44 bits per heavy atom. The van der Waals surface area contributed by atoms with Gasteiger partial charge in [-0.15, -0.1) is 0 Å². The Morgan fingerprint density at radius 1 is 1.56 bits per heavy atom. The molecule has 1 aliphatic carbocycles. The van der Waals surface area contributed by atoms with Crippen LogP contribution in [0.2, 0.25) is 0 Å². The van der Waals surface area contributed by atoms with Crippen LogP contribution in [-0.2, 0) is 0 Å². The number of carbonyl (C=O) groups excluding carboxylic acids is 1. The van der Waals surface area contributed by atoms with Crippen LogP contribution in [0.3, 0.4) is 0 Å². The van der Waals surface area contributed by atoms with Gasteiger partial charge < -0.3 is 4.42 Å². The van der Waals surface area contributed by atoms with Crippen molar-refractivity contribution in [3.05, 3.63) is 24.2 Å². The predicted molar refractivity (Wildman–Crippen MR) is 61.2 cm³/mol. The molecule has 0 radical (unpaired) electrons. The van der Waals surface area contributed by atoms with Gasteiger partial charge in [-0.2, -0.15) is 5.10 Å². The van der Waals surface area contributed by atoms with E-state index in [1.165, 1.54) is 19.1 Å². The summed E-state index contributed by atoms with van der Waals surface area (Å²) in [6.07, 6.45) is 6.05. The Bertz CT molecular complexity index is 382. The fraction of sp³-hybridized carbons (Fsp3) is 0.500. The second kappa shape index (κ2) is 4.96. The molecule has 1 amide bonds. The molecule has 1 fully saturated rings. The van der Waals surface area contributed by atoms with Gasteiger partial charge in [0.25, 0.3) is 0 Å². The quantitative estimate of drug-likeness (QED) is 0.779. The van der Waals surface area contributed by atoms with Crippen LogP contribution in [0.4, 0.5) is 0 Å². The molecule has 2 rings (SSSR count). The minimum atomic E-state index is -0.282. The second-order valence-corrected chi connectivity index (χ2v) is 4.17. The summed E-state index contributed by atoms with van der Waals surface area (Å²) in [4.78, 5) is 11.5. The van der Waals surface area contributed by atoms with Crippen LogP contribution in [0.1, 0.15) is 43.2 Å². The second-order valence-electron chi connectivity index (χ2n) is 4.17. The van der Waals surface area contributed by atoms with Gasteiger partial charge in [-0.05, 0) is 37.3 Å². The molecule has 4 heteroatoms. The van der Waals surface area contributed by atoms with E-state index in [1.807, 2.05) is 0 Å². The molecule has 1 aliphatic rings. The van der Waals surface area contributed by atoms with Gasteiger partial charge in [-0.3, -0.25) is 4.79 Å². The number of furan rings is 1. The van der Waals surface area contributed by atoms with Crippen LogP contribution in [0.5, 0.6) is 0 Å². The SMILES string of the molecule is CC1CCCC/C1=N/NC(=O)c1ccco1. The van der Waals surface area contributed by atoms with Crippen molar-refractivity contribution in [3.8, 4) is 0 Å².